The summed E-state index contributed by atoms with van der Waals surface area (Å²) in [4.78, 5) is 7.37. The number of aromatic nitrogens is 5. The van der Waals surface area contributed by atoms with Crippen molar-refractivity contribution >= 4 is 5.95 Å². The third kappa shape index (κ3) is 2.81. The molecule has 21 heavy (non-hydrogen) atoms. The molecule has 3 heterocycles. The first-order chi connectivity index (χ1) is 9.93. The third-order valence-corrected chi connectivity index (χ3v) is 3.41. The molecule has 9 heteroatoms. The summed E-state index contributed by atoms with van der Waals surface area (Å²) < 4.78 is 39.8. The minimum absolute atomic E-state index is 0.0102. The standard InChI is InChI=1S/C12H13F3N6/c1-7-19-20-10-3-2-8(6-21(7)10)17-11-16-5-4-9(18-11)12(13,14)15/h4-5,8H,2-3,6H2,1H3,(H,16,17,18)/t8-/m0/s1. The van der Waals surface area contributed by atoms with Gasteiger partial charge in [-0.15, -0.1) is 10.2 Å². The van der Waals surface area contributed by atoms with Crippen LogP contribution in [0.3, 0.4) is 0 Å². The molecule has 0 saturated heterocycles. The maximum atomic E-state index is 12.6. The van der Waals surface area contributed by atoms with E-state index in [-0.39, 0.29) is 12.0 Å². The number of alkyl halides is 3. The lowest BCUT2D eigenvalue weighted by Gasteiger charge is -2.25. The lowest BCUT2D eigenvalue weighted by Crippen LogP contribution is -2.32. The van der Waals surface area contributed by atoms with Crippen molar-refractivity contribution in [3.63, 3.8) is 0 Å². The van der Waals surface area contributed by atoms with Gasteiger partial charge in [0.15, 0.2) is 0 Å². The molecule has 0 aromatic carbocycles. The van der Waals surface area contributed by atoms with Gasteiger partial charge in [0.1, 0.15) is 17.3 Å². The Morgan fingerprint density at radius 2 is 2.14 bits per heavy atom. The minimum atomic E-state index is -4.47. The average Bonchev–Trinajstić information content (AvgIpc) is 2.80. The quantitative estimate of drug-likeness (QED) is 0.916. The van der Waals surface area contributed by atoms with Gasteiger partial charge < -0.3 is 9.88 Å². The highest BCUT2D eigenvalue weighted by atomic mass is 19.4. The molecule has 0 aliphatic carbocycles. The molecule has 0 radical (unpaired) electrons. The van der Waals surface area contributed by atoms with E-state index in [0.717, 1.165) is 36.8 Å². The predicted octanol–water partition coefficient (Wildman–Crippen LogP) is 1.82. The molecule has 3 rings (SSSR count). The summed E-state index contributed by atoms with van der Waals surface area (Å²) in [6.07, 6.45) is -1.89. The van der Waals surface area contributed by atoms with Gasteiger partial charge >= 0.3 is 6.18 Å². The van der Waals surface area contributed by atoms with Crippen LogP contribution < -0.4 is 5.32 Å². The fourth-order valence-electron chi connectivity index (χ4n) is 2.35. The Bertz CT molecular complexity index is 651. The van der Waals surface area contributed by atoms with Gasteiger partial charge in [-0.1, -0.05) is 0 Å². The van der Waals surface area contributed by atoms with Crippen LogP contribution in [0.4, 0.5) is 19.1 Å². The molecule has 1 aliphatic heterocycles. The highest BCUT2D eigenvalue weighted by molar-refractivity contribution is 5.28. The van der Waals surface area contributed by atoms with E-state index in [0.29, 0.717) is 6.54 Å². The van der Waals surface area contributed by atoms with Gasteiger partial charge in [0.2, 0.25) is 5.95 Å². The van der Waals surface area contributed by atoms with Crippen molar-refractivity contribution in [3.8, 4) is 0 Å². The van der Waals surface area contributed by atoms with Gasteiger partial charge in [-0.2, -0.15) is 13.2 Å². The zero-order valence-electron chi connectivity index (χ0n) is 11.2. The van der Waals surface area contributed by atoms with E-state index in [1.54, 1.807) is 0 Å². The van der Waals surface area contributed by atoms with E-state index in [9.17, 15) is 13.2 Å². The molecule has 0 amide bonds. The van der Waals surface area contributed by atoms with Crippen molar-refractivity contribution in [1.29, 1.82) is 0 Å². The molecule has 1 atom stereocenters. The van der Waals surface area contributed by atoms with Crippen LogP contribution in [0.1, 0.15) is 23.8 Å². The molecular formula is C12H13F3N6. The summed E-state index contributed by atoms with van der Waals surface area (Å²) in [5, 5.41) is 11.0. The molecule has 0 unspecified atom stereocenters. The summed E-state index contributed by atoms with van der Waals surface area (Å²) in [6, 6.07) is 0.810. The van der Waals surface area contributed by atoms with Gasteiger partial charge in [0.25, 0.3) is 0 Å². The Kier molecular flexibility index (Phi) is 3.26. The highest BCUT2D eigenvalue weighted by Gasteiger charge is 2.33. The third-order valence-electron chi connectivity index (χ3n) is 3.41. The monoisotopic (exact) mass is 298 g/mol. The molecule has 0 bridgehead atoms. The fraction of sp³-hybridized carbons (Fsp3) is 0.500. The number of hydrogen-bond donors (Lipinski definition) is 1. The van der Waals surface area contributed by atoms with Gasteiger partial charge in [-0.05, 0) is 19.4 Å². The summed E-state index contributed by atoms with van der Waals surface area (Å²) >= 11 is 0. The second kappa shape index (κ2) is 4.97. The lowest BCUT2D eigenvalue weighted by atomic mass is 10.1. The van der Waals surface area contributed by atoms with Crippen LogP contribution in [0.25, 0.3) is 0 Å². The van der Waals surface area contributed by atoms with E-state index < -0.39 is 11.9 Å². The lowest BCUT2D eigenvalue weighted by molar-refractivity contribution is -0.141. The van der Waals surface area contributed by atoms with Crippen LogP contribution >= 0.6 is 0 Å². The van der Waals surface area contributed by atoms with Gasteiger partial charge in [0, 0.05) is 25.2 Å². The first-order valence-electron chi connectivity index (χ1n) is 6.49. The Morgan fingerprint density at radius 1 is 1.33 bits per heavy atom. The first-order valence-corrected chi connectivity index (χ1v) is 6.49. The predicted molar refractivity (Wildman–Crippen MR) is 67.5 cm³/mol. The molecule has 0 fully saturated rings. The van der Waals surface area contributed by atoms with Crippen molar-refractivity contribution in [3.05, 3.63) is 29.6 Å². The Morgan fingerprint density at radius 3 is 2.90 bits per heavy atom. The Balaban J connectivity index is 1.75. The summed E-state index contributed by atoms with van der Waals surface area (Å²) in [6.45, 7) is 2.44. The van der Waals surface area contributed by atoms with Crippen LogP contribution in [0.15, 0.2) is 12.3 Å². The van der Waals surface area contributed by atoms with Crippen LogP contribution in [-0.2, 0) is 19.1 Å². The molecule has 0 spiro atoms. The van der Waals surface area contributed by atoms with Crippen molar-refractivity contribution < 1.29 is 13.2 Å². The number of nitrogens with zero attached hydrogens (tertiary/aromatic N) is 5. The maximum absolute atomic E-state index is 12.6. The zero-order chi connectivity index (χ0) is 15.0. The molecule has 0 saturated carbocycles. The van der Waals surface area contributed by atoms with Crippen molar-refractivity contribution in [1.82, 2.24) is 24.7 Å². The molecular weight excluding hydrogens is 285 g/mol. The number of aryl methyl sites for hydroxylation is 2. The molecule has 2 aromatic rings. The van der Waals surface area contributed by atoms with Crippen LogP contribution in [0.2, 0.25) is 0 Å². The number of fused-ring (bicyclic) bond motifs is 1. The molecule has 6 nitrogen and oxygen atoms in total. The first kappa shape index (κ1) is 13.8. The topological polar surface area (TPSA) is 68.5 Å². The highest BCUT2D eigenvalue weighted by Crippen LogP contribution is 2.27. The SMILES string of the molecule is Cc1nnc2n1C[C@@H](Nc1nccc(C(F)(F)F)n1)CC2. The Hall–Kier alpha value is -2.19. The normalized spacial score (nSPS) is 18.4. The van der Waals surface area contributed by atoms with E-state index in [2.05, 4.69) is 25.5 Å². The fourth-order valence-corrected chi connectivity index (χ4v) is 2.35. The summed E-state index contributed by atoms with van der Waals surface area (Å²) in [5.41, 5.74) is -0.947. The maximum Gasteiger partial charge on any atom is 0.433 e. The van der Waals surface area contributed by atoms with Gasteiger partial charge in [-0.25, -0.2) is 9.97 Å². The van der Waals surface area contributed by atoms with Crippen molar-refractivity contribution in [2.75, 3.05) is 5.32 Å². The second-order valence-electron chi connectivity index (χ2n) is 4.92. The van der Waals surface area contributed by atoms with Crippen LogP contribution in [-0.4, -0.2) is 30.8 Å². The zero-order valence-corrected chi connectivity index (χ0v) is 11.2. The number of nitrogens with one attached hydrogen (secondary N) is 1. The summed E-state index contributed by atoms with van der Waals surface area (Å²) in [5.74, 6) is 1.68. The molecule has 112 valence electrons. The van der Waals surface area contributed by atoms with Gasteiger partial charge in [-0.3, -0.25) is 0 Å². The van der Waals surface area contributed by atoms with Crippen molar-refractivity contribution in [2.24, 2.45) is 0 Å². The number of hydrogen-bond acceptors (Lipinski definition) is 5. The number of rotatable bonds is 2. The van der Waals surface area contributed by atoms with E-state index in [1.807, 2.05) is 11.5 Å². The van der Waals surface area contributed by atoms with Crippen molar-refractivity contribution in [2.45, 2.75) is 38.5 Å². The summed E-state index contributed by atoms with van der Waals surface area (Å²) in [7, 11) is 0. The second-order valence-corrected chi connectivity index (χ2v) is 4.92. The average molecular weight is 298 g/mol. The Labute approximate surface area is 118 Å². The number of anilines is 1. The smallest absolute Gasteiger partial charge is 0.350 e. The molecule has 2 aromatic heterocycles. The minimum Gasteiger partial charge on any atom is -0.350 e. The van der Waals surface area contributed by atoms with E-state index in [1.165, 1.54) is 0 Å². The largest absolute Gasteiger partial charge is 0.433 e. The van der Waals surface area contributed by atoms with Gasteiger partial charge in [0.05, 0.1) is 0 Å². The van der Waals surface area contributed by atoms with Crippen LogP contribution in [0, 0.1) is 6.92 Å². The molecule has 1 N–H and O–H groups in total. The van der Waals surface area contributed by atoms with E-state index in [4.69, 9.17) is 0 Å². The number of halogens is 3. The van der Waals surface area contributed by atoms with E-state index >= 15 is 0 Å². The molecule has 1 aliphatic rings. The van der Waals surface area contributed by atoms with Crippen LogP contribution in [0.5, 0.6) is 0 Å².